The van der Waals surface area contributed by atoms with Crippen molar-refractivity contribution < 1.29 is 14.7 Å². The number of aryl methyl sites for hydroxylation is 2. The van der Waals surface area contributed by atoms with Gasteiger partial charge in [0.05, 0.1) is 5.56 Å². The average molecular weight is 390 g/mol. The van der Waals surface area contributed by atoms with Crippen molar-refractivity contribution in [1.29, 1.82) is 0 Å². The van der Waals surface area contributed by atoms with Gasteiger partial charge in [0, 0.05) is 30.1 Å². The first-order chi connectivity index (χ1) is 12.4. The highest BCUT2D eigenvalue weighted by atomic mass is 35.5. The van der Waals surface area contributed by atoms with Crippen molar-refractivity contribution in [3.05, 3.63) is 57.7 Å². The fraction of sp³-hybridized carbons (Fsp3) is 0.167. The van der Waals surface area contributed by atoms with Gasteiger partial charge in [-0.3, -0.25) is 4.79 Å². The predicted molar refractivity (Wildman–Crippen MR) is 102 cm³/mol. The van der Waals surface area contributed by atoms with Crippen LogP contribution in [0.4, 0.5) is 5.82 Å². The molecule has 0 radical (unpaired) electrons. The van der Waals surface area contributed by atoms with Crippen LogP contribution < -0.4 is 5.73 Å². The summed E-state index contributed by atoms with van der Waals surface area (Å²) in [5, 5.41) is 10.4. The zero-order chi connectivity index (χ0) is 18.8. The minimum atomic E-state index is -1.21. The Kier molecular flexibility index (Phi) is 5.11. The Bertz CT molecular complexity index is 979. The molecule has 0 spiro atoms. The largest absolute Gasteiger partial charge is 0.478 e. The van der Waals surface area contributed by atoms with E-state index in [9.17, 15) is 14.7 Å². The maximum absolute atomic E-state index is 12.5. The molecule has 0 atom stereocenters. The number of Topliss-reactive ketones (excluding diaryl/α,β-unsaturated/α-hetero) is 1. The molecule has 134 valence electrons. The summed E-state index contributed by atoms with van der Waals surface area (Å²) in [5.74, 6) is -1.45. The molecule has 8 heteroatoms. The van der Waals surface area contributed by atoms with Crippen LogP contribution in [0.15, 0.2) is 36.5 Å². The molecule has 6 nitrogen and oxygen atoms in total. The number of carbonyl (C=O) groups is 2. The second-order valence-corrected chi connectivity index (χ2v) is 7.18. The molecular weight excluding hydrogens is 374 g/mol. The quantitative estimate of drug-likeness (QED) is 0.623. The van der Waals surface area contributed by atoms with E-state index in [1.807, 2.05) is 30.3 Å². The number of anilines is 1. The van der Waals surface area contributed by atoms with Crippen LogP contribution in [0.5, 0.6) is 0 Å². The molecule has 0 saturated heterocycles. The number of thiazole rings is 1. The van der Waals surface area contributed by atoms with E-state index < -0.39 is 5.97 Å². The van der Waals surface area contributed by atoms with Crippen molar-refractivity contribution in [3.63, 3.8) is 0 Å². The molecule has 0 fully saturated rings. The first-order valence-corrected chi connectivity index (χ1v) is 8.99. The number of hydrogen-bond donors (Lipinski definition) is 2. The van der Waals surface area contributed by atoms with E-state index in [1.54, 1.807) is 7.05 Å². The van der Waals surface area contributed by atoms with Crippen LogP contribution >= 0.6 is 22.9 Å². The molecule has 0 aliphatic heterocycles. The minimum absolute atomic E-state index is 0.0584. The third kappa shape index (κ3) is 3.49. The van der Waals surface area contributed by atoms with Crippen LogP contribution in [0, 0.1) is 0 Å². The Morgan fingerprint density at radius 3 is 2.65 bits per heavy atom. The van der Waals surface area contributed by atoms with Gasteiger partial charge in [0.25, 0.3) is 0 Å². The number of aromatic carboxylic acids is 1. The molecule has 0 aliphatic rings. The number of carboxylic acids is 1. The summed E-state index contributed by atoms with van der Waals surface area (Å²) in [6, 6.07) is 9.64. The molecule has 0 amide bonds. The van der Waals surface area contributed by atoms with Gasteiger partial charge >= 0.3 is 5.97 Å². The summed E-state index contributed by atoms with van der Waals surface area (Å²) in [4.78, 5) is 29.0. The summed E-state index contributed by atoms with van der Waals surface area (Å²) >= 11 is 7.63. The van der Waals surface area contributed by atoms with E-state index in [1.165, 1.54) is 22.1 Å². The number of nitrogens with two attached hydrogens (primary N) is 1. The van der Waals surface area contributed by atoms with Gasteiger partial charge in [0.2, 0.25) is 0 Å². The topological polar surface area (TPSA) is 98.2 Å². The van der Waals surface area contributed by atoms with E-state index in [0.717, 1.165) is 15.4 Å². The number of benzene rings is 1. The average Bonchev–Trinajstić information content (AvgIpc) is 3.14. The number of carbonyl (C=O) groups excluding carboxylic acids is 1. The van der Waals surface area contributed by atoms with E-state index in [0.29, 0.717) is 11.6 Å². The van der Waals surface area contributed by atoms with Crippen molar-refractivity contribution in [2.75, 3.05) is 5.73 Å². The predicted octanol–water partition coefficient (Wildman–Crippen LogP) is 3.90. The van der Waals surface area contributed by atoms with Crippen LogP contribution in [0.1, 0.15) is 32.0 Å². The lowest BCUT2D eigenvalue weighted by Crippen LogP contribution is -2.09. The molecule has 3 N–H and O–H groups in total. The van der Waals surface area contributed by atoms with Gasteiger partial charge in [-0.25, -0.2) is 9.78 Å². The first-order valence-electron chi connectivity index (χ1n) is 7.80. The molecule has 2 heterocycles. The van der Waals surface area contributed by atoms with E-state index in [4.69, 9.17) is 17.3 Å². The molecule has 0 saturated carbocycles. The van der Waals surface area contributed by atoms with Gasteiger partial charge in [0.1, 0.15) is 21.5 Å². The number of hydrogen-bond acceptors (Lipinski definition) is 5. The standard InChI is InChI=1S/C18H16ClN3O3S/c1-22-9-11(14(16(22)20)18(24)25)12(23)7-8-13-15(19)21-17(26-13)10-5-3-2-4-6-10/h2-6,9H,7-8,20H2,1H3,(H,24,25). The lowest BCUT2D eigenvalue weighted by atomic mass is 10.0. The molecule has 26 heavy (non-hydrogen) atoms. The van der Waals surface area contributed by atoms with Crippen LogP contribution in [0.25, 0.3) is 10.6 Å². The Hall–Kier alpha value is -2.64. The lowest BCUT2D eigenvalue weighted by Gasteiger charge is -2.00. The van der Waals surface area contributed by atoms with E-state index >= 15 is 0 Å². The number of halogens is 1. The first kappa shape index (κ1) is 18.2. The number of ketones is 1. The zero-order valence-corrected chi connectivity index (χ0v) is 15.5. The second kappa shape index (κ2) is 7.31. The van der Waals surface area contributed by atoms with E-state index in [-0.39, 0.29) is 29.1 Å². The van der Waals surface area contributed by atoms with Crippen molar-refractivity contribution >= 4 is 40.5 Å². The van der Waals surface area contributed by atoms with Crippen molar-refractivity contribution in [2.45, 2.75) is 12.8 Å². The molecule has 0 aliphatic carbocycles. The number of carboxylic acid groups (broad SMARTS) is 1. The van der Waals surface area contributed by atoms with Crippen molar-refractivity contribution in [2.24, 2.45) is 7.05 Å². The van der Waals surface area contributed by atoms with Crippen LogP contribution in [0.2, 0.25) is 5.15 Å². The van der Waals surface area contributed by atoms with Gasteiger partial charge < -0.3 is 15.4 Å². The number of nitrogens with zero attached hydrogens (tertiary/aromatic N) is 2. The van der Waals surface area contributed by atoms with Crippen LogP contribution in [-0.2, 0) is 13.5 Å². The fourth-order valence-corrected chi connectivity index (χ4v) is 3.93. The molecular formula is C18H16ClN3O3S. The van der Waals surface area contributed by atoms with Gasteiger partial charge in [-0.05, 0) is 6.42 Å². The van der Waals surface area contributed by atoms with Crippen molar-refractivity contribution in [3.8, 4) is 10.6 Å². The van der Waals surface area contributed by atoms with Gasteiger partial charge in [-0.1, -0.05) is 41.9 Å². The summed E-state index contributed by atoms with van der Waals surface area (Å²) < 4.78 is 1.43. The van der Waals surface area contributed by atoms with Gasteiger partial charge in [0.15, 0.2) is 5.78 Å². The Balaban J connectivity index is 1.78. The molecule has 3 aromatic rings. The number of aromatic nitrogens is 2. The molecule has 0 bridgehead atoms. The van der Waals surface area contributed by atoms with Gasteiger partial charge in [-0.2, -0.15) is 0 Å². The molecule has 3 rings (SSSR count). The normalized spacial score (nSPS) is 10.8. The summed E-state index contributed by atoms with van der Waals surface area (Å²) in [7, 11) is 1.60. The second-order valence-electron chi connectivity index (χ2n) is 5.74. The maximum Gasteiger partial charge on any atom is 0.340 e. The third-order valence-corrected chi connectivity index (χ3v) is 5.58. The monoisotopic (exact) mass is 389 g/mol. The highest BCUT2D eigenvalue weighted by Crippen LogP contribution is 2.32. The highest BCUT2D eigenvalue weighted by Gasteiger charge is 2.23. The summed E-state index contributed by atoms with van der Waals surface area (Å²) in [6.45, 7) is 0. The Labute approximate surface area is 158 Å². The summed E-state index contributed by atoms with van der Waals surface area (Å²) in [6.07, 6.45) is 1.96. The summed E-state index contributed by atoms with van der Waals surface area (Å²) in [5.41, 5.74) is 6.66. The highest BCUT2D eigenvalue weighted by molar-refractivity contribution is 7.15. The van der Waals surface area contributed by atoms with Crippen molar-refractivity contribution in [1.82, 2.24) is 9.55 Å². The number of rotatable bonds is 6. The molecule has 2 aromatic heterocycles. The maximum atomic E-state index is 12.5. The minimum Gasteiger partial charge on any atom is -0.478 e. The van der Waals surface area contributed by atoms with Crippen LogP contribution in [-0.4, -0.2) is 26.4 Å². The lowest BCUT2D eigenvalue weighted by molar-refractivity contribution is 0.0693. The fourth-order valence-electron chi connectivity index (χ4n) is 2.63. The smallest absolute Gasteiger partial charge is 0.340 e. The number of nitrogen functional groups attached to an aromatic ring is 1. The Morgan fingerprint density at radius 1 is 1.31 bits per heavy atom. The molecule has 1 aromatic carbocycles. The van der Waals surface area contributed by atoms with Gasteiger partial charge in [-0.15, -0.1) is 11.3 Å². The van der Waals surface area contributed by atoms with E-state index in [2.05, 4.69) is 4.98 Å². The van der Waals surface area contributed by atoms with Crippen LogP contribution in [0.3, 0.4) is 0 Å². The zero-order valence-electron chi connectivity index (χ0n) is 13.9. The SMILES string of the molecule is Cn1cc(C(=O)CCc2sc(-c3ccccc3)nc2Cl)c(C(=O)O)c1N. The third-order valence-electron chi connectivity index (χ3n) is 3.99. The molecule has 0 unspecified atom stereocenters. The Morgan fingerprint density at radius 2 is 2.00 bits per heavy atom.